The third-order valence-corrected chi connectivity index (χ3v) is 5.84. The predicted molar refractivity (Wildman–Crippen MR) is 90.4 cm³/mol. The van der Waals surface area contributed by atoms with Gasteiger partial charge in [0.15, 0.2) is 11.5 Å². The number of phenols is 2. The van der Waals surface area contributed by atoms with Gasteiger partial charge in [-0.25, -0.2) is 0 Å². The van der Waals surface area contributed by atoms with E-state index >= 15 is 0 Å². The Morgan fingerprint density at radius 2 is 1.91 bits per heavy atom. The van der Waals surface area contributed by atoms with Gasteiger partial charge in [-0.15, -0.1) is 0 Å². The first-order valence-corrected chi connectivity index (χ1v) is 8.54. The van der Waals surface area contributed by atoms with Crippen molar-refractivity contribution in [3.8, 4) is 11.5 Å². The lowest BCUT2D eigenvalue weighted by atomic mass is 9.64. The SMILES string of the molecule is CC(C)c1cc2c(c(O)c1O)C[C@H]1C=CCC(C)(C)[C@@H]1CC2. The molecule has 0 saturated heterocycles. The summed E-state index contributed by atoms with van der Waals surface area (Å²) in [6, 6.07) is 2.13. The Labute approximate surface area is 133 Å². The van der Waals surface area contributed by atoms with Crippen LogP contribution < -0.4 is 0 Å². The number of benzene rings is 1. The average Bonchev–Trinajstić information content (AvgIpc) is 2.62. The van der Waals surface area contributed by atoms with Gasteiger partial charge in [0.2, 0.25) is 0 Å². The summed E-state index contributed by atoms with van der Waals surface area (Å²) in [6.45, 7) is 8.84. The van der Waals surface area contributed by atoms with Gasteiger partial charge in [0.05, 0.1) is 0 Å². The average molecular weight is 300 g/mol. The number of aryl methyl sites for hydroxylation is 1. The zero-order valence-corrected chi connectivity index (χ0v) is 14.2. The van der Waals surface area contributed by atoms with Crippen LogP contribution in [0.5, 0.6) is 11.5 Å². The molecule has 2 heteroatoms. The Morgan fingerprint density at radius 3 is 2.59 bits per heavy atom. The molecule has 2 aliphatic rings. The van der Waals surface area contributed by atoms with Crippen molar-refractivity contribution >= 4 is 0 Å². The third kappa shape index (κ3) is 2.43. The van der Waals surface area contributed by atoms with Crippen molar-refractivity contribution in [2.45, 2.75) is 59.3 Å². The molecule has 3 rings (SSSR count). The molecule has 0 aliphatic heterocycles. The van der Waals surface area contributed by atoms with E-state index in [0.29, 0.717) is 17.3 Å². The van der Waals surface area contributed by atoms with Crippen molar-refractivity contribution in [1.82, 2.24) is 0 Å². The van der Waals surface area contributed by atoms with Gasteiger partial charge in [0, 0.05) is 11.1 Å². The molecule has 0 aromatic heterocycles. The minimum atomic E-state index is 0.0891. The summed E-state index contributed by atoms with van der Waals surface area (Å²) in [5, 5.41) is 20.9. The van der Waals surface area contributed by atoms with Gasteiger partial charge < -0.3 is 10.2 Å². The molecule has 0 unspecified atom stereocenters. The predicted octanol–water partition coefficient (Wildman–Crippen LogP) is 4.93. The first-order valence-electron chi connectivity index (χ1n) is 8.54. The molecular formula is C20H28O2. The van der Waals surface area contributed by atoms with Crippen LogP contribution in [0.15, 0.2) is 18.2 Å². The van der Waals surface area contributed by atoms with E-state index in [1.54, 1.807) is 0 Å². The number of phenolic OH excluding ortho intramolecular Hbond substituents is 2. The second-order valence-corrected chi connectivity index (χ2v) is 8.09. The maximum atomic E-state index is 10.5. The van der Waals surface area contributed by atoms with Crippen LogP contribution in [0.25, 0.3) is 0 Å². The second kappa shape index (κ2) is 5.33. The normalized spacial score (nSPS) is 26.4. The van der Waals surface area contributed by atoms with Crippen LogP contribution in [0.4, 0.5) is 0 Å². The van der Waals surface area contributed by atoms with E-state index in [1.807, 2.05) is 0 Å². The summed E-state index contributed by atoms with van der Waals surface area (Å²) in [5.41, 5.74) is 3.39. The maximum absolute atomic E-state index is 10.5. The maximum Gasteiger partial charge on any atom is 0.161 e. The summed E-state index contributed by atoms with van der Waals surface area (Å²) < 4.78 is 0. The molecule has 0 bridgehead atoms. The molecule has 0 saturated carbocycles. The Morgan fingerprint density at radius 1 is 1.18 bits per heavy atom. The van der Waals surface area contributed by atoms with Crippen LogP contribution in [0.1, 0.15) is 63.1 Å². The van der Waals surface area contributed by atoms with E-state index in [4.69, 9.17) is 0 Å². The highest BCUT2D eigenvalue weighted by Gasteiger charge is 2.38. The van der Waals surface area contributed by atoms with Gasteiger partial charge >= 0.3 is 0 Å². The van der Waals surface area contributed by atoms with Crippen molar-refractivity contribution in [3.05, 3.63) is 34.9 Å². The van der Waals surface area contributed by atoms with Gasteiger partial charge in [-0.05, 0) is 54.4 Å². The Bertz CT molecular complexity index is 611. The van der Waals surface area contributed by atoms with Crippen molar-refractivity contribution in [2.75, 3.05) is 0 Å². The lowest BCUT2D eigenvalue weighted by Crippen LogP contribution is -2.32. The van der Waals surface area contributed by atoms with Crippen LogP contribution in [-0.2, 0) is 12.8 Å². The van der Waals surface area contributed by atoms with Crippen molar-refractivity contribution < 1.29 is 10.2 Å². The van der Waals surface area contributed by atoms with Crippen LogP contribution >= 0.6 is 0 Å². The van der Waals surface area contributed by atoms with Crippen LogP contribution in [-0.4, -0.2) is 10.2 Å². The molecule has 0 heterocycles. The minimum absolute atomic E-state index is 0.0891. The van der Waals surface area contributed by atoms with E-state index in [0.717, 1.165) is 36.8 Å². The van der Waals surface area contributed by atoms with Gasteiger partial charge in [-0.3, -0.25) is 0 Å². The zero-order chi connectivity index (χ0) is 16.1. The zero-order valence-electron chi connectivity index (χ0n) is 14.2. The topological polar surface area (TPSA) is 40.5 Å². The Hall–Kier alpha value is -1.44. The molecule has 1 aromatic carbocycles. The van der Waals surface area contributed by atoms with Gasteiger partial charge in [-0.2, -0.15) is 0 Å². The molecule has 2 nitrogen and oxygen atoms in total. The standard InChI is InChI=1S/C20H28O2/c1-12(2)15-10-13-7-8-17-14(6-5-9-20(17,3)4)11-16(13)19(22)18(15)21/h5-6,10,12,14,17,21-22H,7-9,11H2,1-4H3/t14-,17-/m1/s1. The lowest BCUT2D eigenvalue weighted by molar-refractivity contribution is 0.144. The summed E-state index contributed by atoms with van der Waals surface area (Å²) in [6.07, 6.45) is 8.78. The molecule has 2 N–H and O–H groups in total. The number of aromatic hydroxyl groups is 2. The van der Waals surface area contributed by atoms with Gasteiger partial charge in [-0.1, -0.05) is 45.9 Å². The fraction of sp³-hybridized carbons (Fsp3) is 0.600. The molecule has 0 radical (unpaired) electrons. The minimum Gasteiger partial charge on any atom is -0.504 e. The molecule has 1 aromatic rings. The summed E-state index contributed by atoms with van der Waals surface area (Å²) in [5.74, 6) is 1.55. The fourth-order valence-corrected chi connectivity index (χ4v) is 4.44. The largest absolute Gasteiger partial charge is 0.504 e. The van der Waals surface area contributed by atoms with Crippen LogP contribution in [0, 0.1) is 17.3 Å². The number of rotatable bonds is 1. The van der Waals surface area contributed by atoms with Crippen molar-refractivity contribution in [1.29, 1.82) is 0 Å². The van der Waals surface area contributed by atoms with E-state index in [1.165, 1.54) is 5.56 Å². The lowest BCUT2D eigenvalue weighted by Gasteiger charge is -2.40. The molecular weight excluding hydrogens is 272 g/mol. The van der Waals surface area contributed by atoms with Gasteiger partial charge in [0.25, 0.3) is 0 Å². The first-order chi connectivity index (χ1) is 10.3. The highest BCUT2D eigenvalue weighted by Crippen LogP contribution is 2.49. The van der Waals surface area contributed by atoms with Crippen molar-refractivity contribution in [3.63, 3.8) is 0 Å². The molecule has 22 heavy (non-hydrogen) atoms. The van der Waals surface area contributed by atoms with Crippen molar-refractivity contribution in [2.24, 2.45) is 17.3 Å². The summed E-state index contributed by atoms with van der Waals surface area (Å²) in [7, 11) is 0. The number of fused-ring (bicyclic) bond motifs is 2. The summed E-state index contributed by atoms with van der Waals surface area (Å²) >= 11 is 0. The number of allylic oxidation sites excluding steroid dienone is 2. The second-order valence-electron chi connectivity index (χ2n) is 8.09. The molecule has 2 atom stereocenters. The highest BCUT2D eigenvalue weighted by molar-refractivity contribution is 5.55. The Balaban J connectivity index is 2.05. The van der Waals surface area contributed by atoms with E-state index in [2.05, 4.69) is 45.9 Å². The summed E-state index contributed by atoms with van der Waals surface area (Å²) in [4.78, 5) is 0. The smallest absolute Gasteiger partial charge is 0.161 e. The van der Waals surface area contributed by atoms with Crippen LogP contribution in [0.3, 0.4) is 0 Å². The Kier molecular flexibility index (Phi) is 3.74. The fourth-order valence-electron chi connectivity index (χ4n) is 4.44. The van der Waals surface area contributed by atoms with Gasteiger partial charge in [0.1, 0.15) is 0 Å². The highest BCUT2D eigenvalue weighted by atomic mass is 16.3. The quantitative estimate of drug-likeness (QED) is 0.570. The molecule has 0 fully saturated rings. The van der Waals surface area contributed by atoms with E-state index in [-0.39, 0.29) is 17.4 Å². The molecule has 0 spiro atoms. The molecule has 2 aliphatic carbocycles. The third-order valence-electron chi connectivity index (χ3n) is 5.84. The van der Waals surface area contributed by atoms with E-state index < -0.39 is 0 Å². The number of hydrogen-bond donors (Lipinski definition) is 2. The monoisotopic (exact) mass is 300 g/mol. The van der Waals surface area contributed by atoms with E-state index in [9.17, 15) is 10.2 Å². The number of hydrogen-bond acceptors (Lipinski definition) is 2. The first kappa shape index (κ1) is 15.5. The van der Waals surface area contributed by atoms with Crippen LogP contribution in [0.2, 0.25) is 0 Å². The molecule has 0 amide bonds. The molecule has 120 valence electrons.